The van der Waals surface area contributed by atoms with E-state index in [4.69, 9.17) is 0 Å². The van der Waals surface area contributed by atoms with Crippen molar-refractivity contribution in [2.75, 3.05) is 0 Å². The molecule has 0 heterocycles. The van der Waals surface area contributed by atoms with E-state index in [0.29, 0.717) is 17.5 Å². The summed E-state index contributed by atoms with van der Waals surface area (Å²) in [6.45, 7) is 0. The van der Waals surface area contributed by atoms with Gasteiger partial charge in [-0.2, -0.15) is 0 Å². The van der Waals surface area contributed by atoms with Crippen molar-refractivity contribution in [1.82, 2.24) is 0 Å². The number of hydrogen-bond acceptors (Lipinski definition) is 4. The fraction of sp³-hybridized carbons (Fsp3) is 0.0370. The highest BCUT2D eigenvalue weighted by Gasteiger charge is 2.29. The van der Waals surface area contributed by atoms with Gasteiger partial charge in [-0.3, -0.25) is 0 Å². The highest BCUT2D eigenvalue weighted by Crippen LogP contribution is 2.48. The van der Waals surface area contributed by atoms with Crippen molar-refractivity contribution in [1.29, 1.82) is 0 Å². The standard InChI is InChI=1S/C27H18O6/c28-21-9-3-7-17(24(21)26(30)31)18-12-11-16-15-6-2-1-5-14(15)13-20(16)23(18)19-8-4-10-22(29)25(19)27(32)33/h1-12,28-29H,13H2,(H,30,31)(H,32,33). The average molecular weight is 438 g/mol. The lowest BCUT2D eigenvalue weighted by molar-refractivity contribution is 0.0683. The Bertz CT molecular complexity index is 1470. The average Bonchev–Trinajstić information content (AvgIpc) is 3.16. The Kier molecular flexibility index (Phi) is 4.64. The molecule has 0 saturated carbocycles. The Morgan fingerprint density at radius 3 is 1.79 bits per heavy atom. The largest absolute Gasteiger partial charge is 0.507 e. The van der Waals surface area contributed by atoms with Crippen LogP contribution in [0.1, 0.15) is 31.8 Å². The molecule has 1 aliphatic carbocycles. The molecule has 0 bridgehead atoms. The molecule has 1 aliphatic rings. The van der Waals surface area contributed by atoms with Gasteiger partial charge in [0.05, 0.1) is 0 Å². The second-order valence-corrected chi connectivity index (χ2v) is 7.86. The lowest BCUT2D eigenvalue weighted by atomic mass is 9.84. The molecule has 6 nitrogen and oxygen atoms in total. The Balaban J connectivity index is 1.92. The summed E-state index contributed by atoms with van der Waals surface area (Å²) in [7, 11) is 0. The molecule has 0 radical (unpaired) electrons. The number of aromatic carboxylic acids is 2. The molecule has 162 valence electrons. The smallest absolute Gasteiger partial charge is 0.340 e. The van der Waals surface area contributed by atoms with E-state index in [-0.39, 0.29) is 33.8 Å². The van der Waals surface area contributed by atoms with Crippen LogP contribution in [0.3, 0.4) is 0 Å². The van der Waals surface area contributed by atoms with Crippen molar-refractivity contribution in [2.45, 2.75) is 6.42 Å². The van der Waals surface area contributed by atoms with Crippen LogP contribution in [-0.4, -0.2) is 32.4 Å². The summed E-state index contributed by atoms with van der Waals surface area (Å²) in [5, 5.41) is 40.4. The number of fused-ring (bicyclic) bond motifs is 3. The van der Waals surface area contributed by atoms with Crippen LogP contribution >= 0.6 is 0 Å². The summed E-state index contributed by atoms with van der Waals surface area (Å²) >= 11 is 0. The van der Waals surface area contributed by atoms with Gasteiger partial charge in [0.25, 0.3) is 0 Å². The third-order valence-corrected chi connectivity index (χ3v) is 6.06. The highest BCUT2D eigenvalue weighted by molar-refractivity contribution is 6.07. The first kappa shape index (κ1) is 20.3. The molecule has 0 fully saturated rings. The van der Waals surface area contributed by atoms with Crippen LogP contribution in [0.15, 0.2) is 72.8 Å². The van der Waals surface area contributed by atoms with Gasteiger partial charge in [-0.05, 0) is 51.9 Å². The van der Waals surface area contributed by atoms with Crippen molar-refractivity contribution < 1.29 is 30.0 Å². The summed E-state index contributed by atoms with van der Waals surface area (Å²) < 4.78 is 0. The molecular weight excluding hydrogens is 420 g/mol. The Hall–Kier alpha value is -4.58. The van der Waals surface area contributed by atoms with Gasteiger partial charge in [0.15, 0.2) is 0 Å². The first-order valence-electron chi connectivity index (χ1n) is 10.2. The molecule has 0 aromatic heterocycles. The minimum absolute atomic E-state index is 0.260. The lowest BCUT2D eigenvalue weighted by Crippen LogP contribution is -2.05. The predicted molar refractivity (Wildman–Crippen MR) is 123 cm³/mol. The van der Waals surface area contributed by atoms with Crippen molar-refractivity contribution in [3.8, 4) is 44.9 Å². The van der Waals surface area contributed by atoms with Gasteiger partial charge in [0.1, 0.15) is 22.6 Å². The summed E-state index contributed by atoms with van der Waals surface area (Å²) in [6.07, 6.45) is 0.518. The zero-order chi connectivity index (χ0) is 23.3. The van der Waals surface area contributed by atoms with Gasteiger partial charge in [-0.15, -0.1) is 0 Å². The van der Waals surface area contributed by atoms with Crippen LogP contribution in [0, 0.1) is 0 Å². The second-order valence-electron chi connectivity index (χ2n) is 7.86. The maximum absolute atomic E-state index is 12.1. The molecule has 0 unspecified atom stereocenters. The lowest BCUT2D eigenvalue weighted by Gasteiger charge is -2.19. The fourth-order valence-corrected chi connectivity index (χ4v) is 4.71. The van der Waals surface area contributed by atoms with Crippen molar-refractivity contribution in [2.24, 2.45) is 0 Å². The van der Waals surface area contributed by atoms with E-state index in [0.717, 1.165) is 22.3 Å². The first-order valence-corrected chi connectivity index (χ1v) is 10.2. The van der Waals surface area contributed by atoms with Gasteiger partial charge in [-0.1, -0.05) is 60.7 Å². The second kappa shape index (κ2) is 7.53. The number of rotatable bonds is 4. The van der Waals surface area contributed by atoms with E-state index < -0.39 is 11.9 Å². The molecule has 0 atom stereocenters. The normalized spacial score (nSPS) is 11.6. The minimum atomic E-state index is -1.30. The highest BCUT2D eigenvalue weighted by atomic mass is 16.4. The van der Waals surface area contributed by atoms with Gasteiger partial charge in [0, 0.05) is 11.1 Å². The van der Waals surface area contributed by atoms with E-state index in [1.807, 2.05) is 30.3 Å². The van der Waals surface area contributed by atoms with Crippen LogP contribution in [0.4, 0.5) is 0 Å². The number of carboxylic acid groups (broad SMARTS) is 2. The molecule has 5 rings (SSSR count). The molecule has 0 amide bonds. The number of phenols is 2. The predicted octanol–water partition coefficient (Wildman–Crippen LogP) is 5.40. The molecule has 0 spiro atoms. The van der Waals surface area contributed by atoms with E-state index in [2.05, 4.69) is 0 Å². The Labute approximate surface area is 188 Å². The summed E-state index contributed by atoms with van der Waals surface area (Å²) in [6, 6.07) is 20.4. The molecule has 4 N–H and O–H groups in total. The number of carbonyl (C=O) groups is 2. The summed E-state index contributed by atoms with van der Waals surface area (Å²) in [4.78, 5) is 24.1. The van der Waals surface area contributed by atoms with Gasteiger partial charge in [-0.25, -0.2) is 9.59 Å². The van der Waals surface area contributed by atoms with E-state index in [9.17, 15) is 30.0 Å². The van der Waals surface area contributed by atoms with Gasteiger partial charge >= 0.3 is 11.9 Å². The topological polar surface area (TPSA) is 115 Å². The summed E-state index contributed by atoms with van der Waals surface area (Å²) in [5.41, 5.74) is 4.82. The van der Waals surface area contributed by atoms with Crippen LogP contribution in [0.25, 0.3) is 33.4 Å². The Morgan fingerprint density at radius 2 is 1.12 bits per heavy atom. The molecular formula is C27H18O6. The van der Waals surface area contributed by atoms with E-state index >= 15 is 0 Å². The van der Waals surface area contributed by atoms with Gasteiger partial charge < -0.3 is 20.4 Å². The minimum Gasteiger partial charge on any atom is -0.507 e. The molecule has 4 aromatic carbocycles. The van der Waals surface area contributed by atoms with Crippen LogP contribution in [0.2, 0.25) is 0 Å². The molecule has 0 saturated heterocycles. The fourth-order valence-electron chi connectivity index (χ4n) is 4.71. The summed E-state index contributed by atoms with van der Waals surface area (Å²) in [5.74, 6) is -3.36. The zero-order valence-corrected chi connectivity index (χ0v) is 17.2. The molecule has 33 heavy (non-hydrogen) atoms. The quantitative estimate of drug-likeness (QED) is 0.299. The Morgan fingerprint density at radius 1 is 0.576 bits per heavy atom. The van der Waals surface area contributed by atoms with Crippen LogP contribution < -0.4 is 0 Å². The maximum atomic E-state index is 12.1. The van der Waals surface area contributed by atoms with Crippen molar-refractivity contribution in [3.05, 3.63) is 95.1 Å². The molecule has 0 aliphatic heterocycles. The zero-order valence-electron chi connectivity index (χ0n) is 17.2. The molecule has 6 heteroatoms. The monoisotopic (exact) mass is 438 g/mol. The van der Waals surface area contributed by atoms with E-state index in [1.165, 1.54) is 12.1 Å². The maximum Gasteiger partial charge on any atom is 0.340 e. The molecule has 4 aromatic rings. The van der Waals surface area contributed by atoms with E-state index in [1.54, 1.807) is 30.3 Å². The first-order chi connectivity index (χ1) is 15.9. The number of aromatic hydroxyl groups is 2. The van der Waals surface area contributed by atoms with Gasteiger partial charge in [0.2, 0.25) is 0 Å². The third kappa shape index (κ3) is 3.11. The number of benzene rings is 4. The van der Waals surface area contributed by atoms with Crippen molar-refractivity contribution >= 4 is 11.9 Å². The SMILES string of the molecule is O=C(O)c1c(O)cccc1-c1ccc2c(c1-c1cccc(O)c1C(=O)O)Cc1ccccc1-2. The number of hydrogen-bond donors (Lipinski definition) is 4. The van der Waals surface area contributed by atoms with Crippen LogP contribution in [-0.2, 0) is 6.42 Å². The third-order valence-electron chi connectivity index (χ3n) is 6.06. The number of carboxylic acids is 2. The van der Waals surface area contributed by atoms with Crippen molar-refractivity contribution in [3.63, 3.8) is 0 Å². The van der Waals surface area contributed by atoms with Crippen LogP contribution in [0.5, 0.6) is 11.5 Å².